The summed E-state index contributed by atoms with van der Waals surface area (Å²) in [6.45, 7) is 4.33. The fourth-order valence-electron chi connectivity index (χ4n) is 3.70. The number of hydrogen-bond donors (Lipinski definition) is 0. The summed E-state index contributed by atoms with van der Waals surface area (Å²) in [5.41, 5.74) is 3.25. The van der Waals surface area contributed by atoms with E-state index in [4.69, 9.17) is 0 Å². The molecule has 2 aromatic carbocycles. The van der Waals surface area contributed by atoms with E-state index in [-0.39, 0.29) is 11.2 Å². The molecule has 2 heterocycles. The summed E-state index contributed by atoms with van der Waals surface area (Å²) in [6.07, 6.45) is 3.53. The minimum absolute atomic E-state index is 0.0810. The van der Waals surface area contributed by atoms with Gasteiger partial charge in [0.2, 0.25) is 0 Å². The maximum Gasteiger partial charge on any atom is 0.167 e. The van der Waals surface area contributed by atoms with Gasteiger partial charge in [0.25, 0.3) is 0 Å². The van der Waals surface area contributed by atoms with Crippen molar-refractivity contribution in [2.24, 2.45) is 0 Å². The van der Waals surface area contributed by atoms with Crippen LogP contribution in [0.15, 0.2) is 71.5 Å². The molecule has 0 aliphatic carbocycles. The van der Waals surface area contributed by atoms with Crippen molar-refractivity contribution in [2.45, 2.75) is 24.3 Å². The average molecular weight is 375 g/mol. The number of carbonyl (C=O) groups excluding carboxylic acids is 1. The van der Waals surface area contributed by atoms with Gasteiger partial charge in [-0.1, -0.05) is 68.1 Å². The van der Waals surface area contributed by atoms with Crippen molar-refractivity contribution in [1.82, 2.24) is 10.2 Å². The molecule has 0 saturated carbocycles. The van der Waals surface area contributed by atoms with Crippen LogP contribution in [-0.4, -0.2) is 28.8 Å². The van der Waals surface area contributed by atoms with Crippen molar-refractivity contribution in [3.05, 3.63) is 72.1 Å². The highest BCUT2D eigenvalue weighted by Gasteiger charge is 2.38. The summed E-state index contributed by atoms with van der Waals surface area (Å²) >= 11 is 1.44. The largest absolute Gasteiger partial charge is 0.347 e. The summed E-state index contributed by atoms with van der Waals surface area (Å²) in [5, 5.41) is 11.1. The number of aromatic nitrogens is 2. The van der Waals surface area contributed by atoms with Crippen molar-refractivity contribution < 1.29 is 4.79 Å². The van der Waals surface area contributed by atoms with Crippen LogP contribution in [-0.2, 0) is 10.2 Å². The molecule has 1 aromatic heterocycles. The number of likely N-dealkylation sites (N-methyl/N-ethyl adjacent to an activating group) is 1. The number of nitrogens with zero attached hydrogens (tertiary/aromatic N) is 3. The molecule has 4 rings (SSSR count). The summed E-state index contributed by atoms with van der Waals surface area (Å²) in [6, 6.07) is 16.3. The molecule has 0 fully saturated rings. The van der Waals surface area contributed by atoms with E-state index in [2.05, 4.69) is 41.1 Å². The monoisotopic (exact) mass is 375 g/mol. The Balaban J connectivity index is 1.56. The Morgan fingerprint density at radius 1 is 1.15 bits per heavy atom. The summed E-state index contributed by atoms with van der Waals surface area (Å²) in [5.74, 6) is 0.421. The summed E-state index contributed by atoms with van der Waals surface area (Å²) < 4.78 is 0. The number of para-hydroxylation sites is 1. The second-order valence-corrected chi connectivity index (χ2v) is 8.19. The van der Waals surface area contributed by atoms with E-state index in [0.717, 1.165) is 27.2 Å². The molecule has 0 saturated heterocycles. The number of benzene rings is 2. The molecule has 4 nitrogen and oxygen atoms in total. The van der Waals surface area contributed by atoms with Crippen molar-refractivity contribution in [1.29, 1.82) is 0 Å². The zero-order valence-electron chi connectivity index (χ0n) is 15.6. The van der Waals surface area contributed by atoms with E-state index in [1.165, 1.54) is 17.3 Å². The normalized spacial score (nSPS) is 16.7. The van der Waals surface area contributed by atoms with Crippen molar-refractivity contribution in [3.63, 3.8) is 0 Å². The highest BCUT2D eigenvalue weighted by molar-refractivity contribution is 8.00. The Morgan fingerprint density at radius 3 is 2.70 bits per heavy atom. The van der Waals surface area contributed by atoms with E-state index < -0.39 is 0 Å². The predicted octanol–water partition coefficient (Wildman–Crippen LogP) is 4.60. The van der Waals surface area contributed by atoms with Crippen molar-refractivity contribution in [3.8, 4) is 0 Å². The maximum atomic E-state index is 12.7. The number of hydrogen-bond acceptors (Lipinski definition) is 5. The van der Waals surface area contributed by atoms with Crippen LogP contribution < -0.4 is 4.90 Å². The fraction of sp³-hybridized carbons (Fsp3) is 0.227. The van der Waals surface area contributed by atoms with Crippen LogP contribution in [0.3, 0.4) is 0 Å². The Morgan fingerprint density at radius 2 is 1.89 bits per heavy atom. The first-order chi connectivity index (χ1) is 13.0. The van der Waals surface area contributed by atoms with E-state index in [9.17, 15) is 4.79 Å². The minimum Gasteiger partial charge on any atom is -0.347 e. The molecule has 1 aliphatic rings. The molecule has 0 bridgehead atoms. The summed E-state index contributed by atoms with van der Waals surface area (Å²) in [7, 11) is 2.02. The van der Waals surface area contributed by atoms with Gasteiger partial charge in [0.1, 0.15) is 5.03 Å². The third-order valence-corrected chi connectivity index (χ3v) is 6.13. The Bertz CT molecular complexity index is 1050. The fourth-order valence-corrected chi connectivity index (χ4v) is 4.51. The average Bonchev–Trinajstić information content (AvgIpc) is 2.87. The molecular formula is C22H21N3OS. The van der Waals surface area contributed by atoms with E-state index in [1.54, 1.807) is 12.3 Å². The van der Waals surface area contributed by atoms with Gasteiger partial charge < -0.3 is 4.90 Å². The Labute approximate surface area is 163 Å². The molecule has 5 heteroatoms. The van der Waals surface area contributed by atoms with Crippen molar-refractivity contribution >= 4 is 34.0 Å². The number of fused-ring (bicyclic) bond motifs is 2. The zero-order valence-corrected chi connectivity index (χ0v) is 16.5. The molecule has 0 N–H and O–H groups in total. The van der Waals surface area contributed by atoms with Gasteiger partial charge in [-0.05, 0) is 11.6 Å². The van der Waals surface area contributed by atoms with Gasteiger partial charge in [-0.25, -0.2) is 0 Å². The van der Waals surface area contributed by atoms with Gasteiger partial charge in [0.05, 0.1) is 11.9 Å². The molecule has 0 spiro atoms. The lowest BCUT2D eigenvalue weighted by Crippen LogP contribution is -2.24. The molecule has 1 aliphatic heterocycles. The lowest BCUT2D eigenvalue weighted by molar-refractivity contribution is -0.112. The van der Waals surface area contributed by atoms with Crippen molar-refractivity contribution in [2.75, 3.05) is 17.7 Å². The van der Waals surface area contributed by atoms with Crippen LogP contribution in [0, 0.1) is 0 Å². The van der Waals surface area contributed by atoms with E-state index >= 15 is 0 Å². The third-order valence-electron chi connectivity index (χ3n) is 5.13. The molecule has 27 heavy (non-hydrogen) atoms. The first-order valence-corrected chi connectivity index (χ1v) is 9.88. The maximum absolute atomic E-state index is 12.7. The number of ketones is 1. The molecule has 0 amide bonds. The molecule has 136 valence electrons. The van der Waals surface area contributed by atoms with Gasteiger partial charge in [-0.2, -0.15) is 5.10 Å². The number of rotatable bonds is 4. The van der Waals surface area contributed by atoms with Crippen LogP contribution in [0.5, 0.6) is 0 Å². The highest BCUT2D eigenvalue weighted by Crippen LogP contribution is 2.46. The smallest absolute Gasteiger partial charge is 0.167 e. The minimum atomic E-state index is -0.190. The SMILES string of the molecule is CN1/C(=C\C(=O)CSc2nncc3ccccc23)C(C)(C)c2ccccc21. The second-order valence-electron chi connectivity index (χ2n) is 7.22. The van der Waals surface area contributed by atoms with Gasteiger partial charge in [0, 0.05) is 40.7 Å². The first kappa shape index (κ1) is 17.7. The number of anilines is 1. The second kappa shape index (κ2) is 6.82. The van der Waals surface area contributed by atoms with Gasteiger partial charge in [-0.3, -0.25) is 4.79 Å². The Hall–Kier alpha value is -2.66. The van der Waals surface area contributed by atoms with Crippen LogP contribution in [0.4, 0.5) is 5.69 Å². The number of carbonyl (C=O) groups is 1. The number of thioether (sulfide) groups is 1. The molecule has 0 unspecified atom stereocenters. The first-order valence-electron chi connectivity index (χ1n) is 8.90. The van der Waals surface area contributed by atoms with Crippen LogP contribution in [0.1, 0.15) is 19.4 Å². The topological polar surface area (TPSA) is 46.1 Å². The molecule has 3 aromatic rings. The zero-order chi connectivity index (χ0) is 19.0. The molecule has 0 radical (unpaired) electrons. The lowest BCUT2D eigenvalue weighted by Gasteiger charge is -2.23. The Kier molecular flexibility index (Phi) is 4.48. The number of allylic oxidation sites excluding steroid dienone is 2. The quantitative estimate of drug-likeness (QED) is 0.492. The van der Waals surface area contributed by atoms with E-state index in [0.29, 0.717) is 5.75 Å². The standard InChI is InChI=1S/C22H21N3OS/c1-22(2)18-10-6-7-11-19(18)25(3)20(22)12-16(26)14-27-21-17-9-5-4-8-15(17)13-23-24-21/h4-13H,14H2,1-3H3/b20-12-. The van der Waals surface area contributed by atoms with Gasteiger partial charge >= 0.3 is 0 Å². The van der Waals surface area contributed by atoms with Gasteiger partial charge in [-0.15, -0.1) is 5.10 Å². The predicted molar refractivity (Wildman–Crippen MR) is 111 cm³/mol. The van der Waals surface area contributed by atoms with E-state index in [1.807, 2.05) is 43.4 Å². The highest BCUT2D eigenvalue weighted by atomic mass is 32.2. The van der Waals surface area contributed by atoms with Crippen LogP contribution in [0.25, 0.3) is 10.8 Å². The van der Waals surface area contributed by atoms with Gasteiger partial charge in [0.15, 0.2) is 5.78 Å². The molecule has 0 atom stereocenters. The lowest BCUT2D eigenvalue weighted by atomic mass is 9.83. The molecular weight excluding hydrogens is 354 g/mol. The van der Waals surface area contributed by atoms with Crippen LogP contribution in [0.2, 0.25) is 0 Å². The summed E-state index contributed by atoms with van der Waals surface area (Å²) in [4.78, 5) is 14.8. The third kappa shape index (κ3) is 3.12. The van der Waals surface area contributed by atoms with Crippen LogP contribution >= 0.6 is 11.8 Å².